The van der Waals surface area contributed by atoms with Crippen LogP contribution in [-0.2, 0) is 12.8 Å². The molecule has 0 N–H and O–H groups in total. The number of alkyl halides is 4. The predicted molar refractivity (Wildman–Crippen MR) is 81.6 cm³/mol. The average Bonchev–Trinajstić information content (AvgIpc) is 2.55. The first kappa shape index (κ1) is 18.2. The van der Waals surface area contributed by atoms with Gasteiger partial charge < -0.3 is 0 Å². The standard InChI is InChI=1S/2C9H10F2/c2*1-2-7-3-5-8(6-4-7)9(10)11/h2*3-6,9H,2H2,1H3. The van der Waals surface area contributed by atoms with E-state index in [1.807, 2.05) is 13.8 Å². The van der Waals surface area contributed by atoms with Gasteiger partial charge in [-0.25, -0.2) is 17.6 Å². The van der Waals surface area contributed by atoms with Gasteiger partial charge in [0.25, 0.3) is 12.9 Å². The molecule has 0 amide bonds. The van der Waals surface area contributed by atoms with E-state index in [4.69, 9.17) is 0 Å². The summed E-state index contributed by atoms with van der Waals surface area (Å²) in [7, 11) is 0. The van der Waals surface area contributed by atoms with Crippen LogP contribution in [0.25, 0.3) is 0 Å². The third-order valence-corrected chi connectivity index (χ3v) is 3.28. The fourth-order valence-corrected chi connectivity index (χ4v) is 1.80. The zero-order valence-corrected chi connectivity index (χ0v) is 12.7. The summed E-state index contributed by atoms with van der Waals surface area (Å²) in [5.41, 5.74) is 2.38. The number of halogens is 4. The van der Waals surface area contributed by atoms with Crippen molar-refractivity contribution in [1.29, 1.82) is 0 Å². The van der Waals surface area contributed by atoms with E-state index in [0.29, 0.717) is 0 Å². The van der Waals surface area contributed by atoms with E-state index in [1.165, 1.54) is 24.3 Å². The van der Waals surface area contributed by atoms with Gasteiger partial charge in [-0.05, 0) is 24.0 Å². The molecule has 2 aromatic carbocycles. The highest BCUT2D eigenvalue weighted by Crippen LogP contribution is 2.19. The molecule has 0 saturated heterocycles. The molecule has 4 heteroatoms. The van der Waals surface area contributed by atoms with Crippen molar-refractivity contribution in [3.05, 3.63) is 70.8 Å². The van der Waals surface area contributed by atoms with Crippen LogP contribution in [0.15, 0.2) is 48.5 Å². The van der Waals surface area contributed by atoms with Crippen molar-refractivity contribution in [2.45, 2.75) is 39.5 Å². The zero-order valence-electron chi connectivity index (χ0n) is 12.7. The van der Waals surface area contributed by atoms with E-state index in [-0.39, 0.29) is 11.1 Å². The smallest absolute Gasteiger partial charge is 0.205 e. The monoisotopic (exact) mass is 312 g/mol. The summed E-state index contributed by atoms with van der Waals surface area (Å²) in [6, 6.07) is 12.9. The first-order chi connectivity index (χ1) is 10.5. The van der Waals surface area contributed by atoms with Crippen molar-refractivity contribution >= 4 is 0 Å². The molecule has 22 heavy (non-hydrogen) atoms. The summed E-state index contributed by atoms with van der Waals surface area (Å²) < 4.78 is 48.0. The summed E-state index contributed by atoms with van der Waals surface area (Å²) in [6.07, 6.45) is -2.91. The second-order valence-electron chi connectivity index (χ2n) is 4.79. The van der Waals surface area contributed by atoms with E-state index in [9.17, 15) is 17.6 Å². The summed E-state index contributed by atoms with van der Waals surface area (Å²) in [5, 5.41) is 0. The van der Waals surface area contributed by atoms with E-state index in [2.05, 4.69) is 0 Å². The maximum absolute atomic E-state index is 12.0. The number of rotatable bonds is 4. The molecule has 0 fully saturated rings. The van der Waals surface area contributed by atoms with Crippen molar-refractivity contribution in [2.24, 2.45) is 0 Å². The quantitative estimate of drug-likeness (QED) is 0.575. The van der Waals surface area contributed by atoms with Gasteiger partial charge in [-0.3, -0.25) is 0 Å². The topological polar surface area (TPSA) is 0 Å². The molecule has 120 valence electrons. The number of hydrogen-bond acceptors (Lipinski definition) is 0. The molecule has 0 aromatic heterocycles. The van der Waals surface area contributed by atoms with Gasteiger partial charge in [0.15, 0.2) is 0 Å². The Hall–Kier alpha value is -1.84. The number of benzene rings is 2. The molecule has 2 rings (SSSR count). The van der Waals surface area contributed by atoms with Crippen LogP contribution in [0.4, 0.5) is 17.6 Å². The maximum Gasteiger partial charge on any atom is 0.263 e. The fraction of sp³-hybridized carbons (Fsp3) is 0.333. The second-order valence-corrected chi connectivity index (χ2v) is 4.79. The molecule has 0 bridgehead atoms. The Morgan fingerprint density at radius 3 is 1.05 bits per heavy atom. The van der Waals surface area contributed by atoms with Gasteiger partial charge >= 0.3 is 0 Å². The van der Waals surface area contributed by atoms with E-state index in [1.54, 1.807) is 24.3 Å². The minimum Gasteiger partial charge on any atom is -0.205 e. The maximum atomic E-state index is 12.0. The Morgan fingerprint density at radius 2 is 0.864 bits per heavy atom. The second kappa shape index (κ2) is 9.23. The number of hydrogen-bond donors (Lipinski definition) is 0. The summed E-state index contributed by atoms with van der Waals surface area (Å²) in [6.45, 7) is 3.99. The normalized spacial score (nSPS) is 10.5. The minimum atomic E-state index is -2.35. The van der Waals surface area contributed by atoms with Crippen LogP contribution in [0, 0.1) is 0 Å². The number of aryl methyl sites for hydroxylation is 2. The molecule has 0 aliphatic carbocycles. The first-order valence-electron chi connectivity index (χ1n) is 7.21. The van der Waals surface area contributed by atoms with Crippen LogP contribution in [0.3, 0.4) is 0 Å². The van der Waals surface area contributed by atoms with Crippen LogP contribution in [0.2, 0.25) is 0 Å². The van der Waals surface area contributed by atoms with Gasteiger partial charge in [0.1, 0.15) is 0 Å². The van der Waals surface area contributed by atoms with Gasteiger partial charge in [0.2, 0.25) is 0 Å². The SMILES string of the molecule is CCc1ccc(C(F)F)cc1.CCc1ccc(C(F)F)cc1. The Balaban J connectivity index is 0.000000220. The highest BCUT2D eigenvalue weighted by Gasteiger charge is 2.05. The lowest BCUT2D eigenvalue weighted by atomic mass is 10.1. The summed E-state index contributed by atoms with van der Waals surface area (Å²) in [5.74, 6) is 0. The Morgan fingerprint density at radius 1 is 0.591 bits per heavy atom. The van der Waals surface area contributed by atoms with Gasteiger partial charge in [-0.2, -0.15) is 0 Å². The lowest BCUT2D eigenvalue weighted by Crippen LogP contribution is -1.84. The third-order valence-electron chi connectivity index (χ3n) is 3.28. The first-order valence-corrected chi connectivity index (χ1v) is 7.21. The molecule has 0 spiro atoms. The van der Waals surface area contributed by atoms with Crippen LogP contribution < -0.4 is 0 Å². The van der Waals surface area contributed by atoms with Crippen molar-refractivity contribution in [1.82, 2.24) is 0 Å². The molecule has 0 heterocycles. The molecule has 0 nitrogen and oxygen atoms in total. The van der Waals surface area contributed by atoms with Crippen molar-refractivity contribution in [3.63, 3.8) is 0 Å². The molecule has 0 unspecified atom stereocenters. The third kappa shape index (κ3) is 5.88. The Bertz CT molecular complexity index is 479. The molecule has 0 saturated carbocycles. The van der Waals surface area contributed by atoms with Crippen LogP contribution >= 0.6 is 0 Å². The molecule has 0 radical (unpaired) electrons. The summed E-state index contributed by atoms with van der Waals surface area (Å²) in [4.78, 5) is 0. The lowest BCUT2D eigenvalue weighted by Gasteiger charge is -1.99. The van der Waals surface area contributed by atoms with E-state index in [0.717, 1.165) is 24.0 Å². The largest absolute Gasteiger partial charge is 0.263 e. The van der Waals surface area contributed by atoms with Gasteiger partial charge in [0.05, 0.1) is 0 Å². The summed E-state index contributed by atoms with van der Waals surface area (Å²) >= 11 is 0. The average molecular weight is 312 g/mol. The van der Waals surface area contributed by atoms with E-state index >= 15 is 0 Å². The van der Waals surface area contributed by atoms with Gasteiger partial charge in [0, 0.05) is 11.1 Å². The Labute approximate surface area is 128 Å². The fourth-order valence-electron chi connectivity index (χ4n) is 1.80. The van der Waals surface area contributed by atoms with E-state index < -0.39 is 12.9 Å². The molecule has 2 aromatic rings. The van der Waals surface area contributed by atoms with Crippen LogP contribution in [-0.4, -0.2) is 0 Å². The molecule has 0 atom stereocenters. The molecular weight excluding hydrogens is 292 g/mol. The highest BCUT2D eigenvalue weighted by atomic mass is 19.3. The van der Waals surface area contributed by atoms with Crippen LogP contribution in [0.5, 0.6) is 0 Å². The van der Waals surface area contributed by atoms with Crippen molar-refractivity contribution in [2.75, 3.05) is 0 Å². The molecule has 0 aliphatic heterocycles. The van der Waals surface area contributed by atoms with Gasteiger partial charge in [-0.1, -0.05) is 62.4 Å². The van der Waals surface area contributed by atoms with Crippen molar-refractivity contribution in [3.8, 4) is 0 Å². The zero-order chi connectivity index (χ0) is 16.5. The van der Waals surface area contributed by atoms with Crippen molar-refractivity contribution < 1.29 is 17.6 Å². The van der Waals surface area contributed by atoms with Gasteiger partial charge in [-0.15, -0.1) is 0 Å². The highest BCUT2D eigenvalue weighted by molar-refractivity contribution is 5.23. The minimum absolute atomic E-state index is 0.0993. The molecular formula is C18H20F4. The lowest BCUT2D eigenvalue weighted by molar-refractivity contribution is 0.151. The predicted octanol–water partition coefficient (Wildman–Crippen LogP) is 6.37. The molecule has 0 aliphatic rings. The Kier molecular flexibility index (Phi) is 7.64. The van der Waals surface area contributed by atoms with Crippen LogP contribution in [0.1, 0.15) is 49.0 Å².